The van der Waals surface area contributed by atoms with Crippen LogP contribution < -0.4 is 0 Å². The molecule has 1 aliphatic rings. The van der Waals surface area contributed by atoms with Gasteiger partial charge in [-0.25, -0.2) is 0 Å². The predicted octanol–water partition coefficient (Wildman–Crippen LogP) is 4.46. The van der Waals surface area contributed by atoms with E-state index in [2.05, 4.69) is 24.3 Å². The summed E-state index contributed by atoms with van der Waals surface area (Å²) in [5.41, 5.74) is 2.36. The van der Waals surface area contributed by atoms with Crippen molar-refractivity contribution in [2.75, 3.05) is 6.66 Å². The third-order valence-corrected chi connectivity index (χ3v) is 4.10. The summed E-state index contributed by atoms with van der Waals surface area (Å²) in [6.45, 7) is 2.01. The summed E-state index contributed by atoms with van der Waals surface area (Å²) in [5, 5.41) is 0. The molecule has 0 spiro atoms. The number of rotatable bonds is 2. The average molecular weight is 258 g/mol. The molecule has 1 fully saturated rings. The molecule has 3 rings (SSSR count). The Morgan fingerprint density at radius 2 is 1.11 bits per heavy atom. The third-order valence-electron chi connectivity index (χ3n) is 3.06. The van der Waals surface area contributed by atoms with E-state index in [1.807, 2.05) is 43.1 Å². The van der Waals surface area contributed by atoms with Gasteiger partial charge >= 0.3 is 0 Å². The minimum Gasteiger partial charge on any atom is -0.323 e. The van der Waals surface area contributed by atoms with Crippen molar-refractivity contribution in [2.45, 2.75) is 12.2 Å². The van der Waals surface area contributed by atoms with Crippen molar-refractivity contribution in [2.24, 2.45) is 0 Å². The van der Waals surface area contributed by atoms with Crippen molar-refractivity contribution in [3.63, 3.8) is 0 Å². The Hall–Kier alpha value is -1.21. The van der Waals surface area contributed by atoms with Crippen molar-refractivity contribution in [3.8, 4) is 0 Å². The first-order valence-corrected chi connectivity index (χ1v) is 7.64. The first kappa shape index (κ1) is 11.9. The molecule has 18 heavy (non-hydrogen) atoms. The van der Waals surface area contributed by atoms with Gasteiger partial charge in [0, 0.05) is 6.66 Å². The monoisotopic (exact) mass is 258 g/mol. The van der Waals surface area contributed by atoms with Crippen LogP contribution in [0, 0.1) is 0 Å². The van der Waals surface area contributed by atoms with Crippen LogP contribution in [0.5, 0.6) is 0 Å². The van der Waals surface area contributed by atoms with E-state index < -0.39 is 8.38 Å². The van der Waals surface area contributed by atoms with Crippen LogP contribution in [0.3, 0.4) is 0 Å². The third kappa shape index (κ3) is 2.32. The molecule has 0 radical (unpaired) electrons. The lowest BCUT2D eigenvalue weighted by atomic mass is 9.99. The second-order valence-corrected chi connectivity index (χ2v) is 5.61. The number of hydrogen-bond donors (Lipinski definition) is 0. The molecule has 2 aromatic rings. The molecule has 92 valence electrons. The summed E-state index contributed by atoms with van der Waals surface area (Å²) >= 11 is 0. The highest BCUT2D eigenvalue weighted by molar-refractivity contribution is 7.46. The molecule has 2 aromatic carbocycles. The molecule has 0 saturated carbocycles. The van der Waals surface area contributed by atoms with E-state index in [0.717, 1.165) is 0 Å². The molecule has 3 heteroatoms. The van der Waals surface area contributed by atoms with Gasteiger partial charge in [-0.3, -0.25) is 0 Å². The van der Waals surface area contributed by atoms with Gasteiger partial charge < -0.3 is 9.05 Å². The zero-order chi connectivity index (χ0) is 12.4. The molecule has 1 heterocycles. The summed E-state index contributed by atoms with van der Waals surface area (Å²) in [7, 11) is -0.791. The van der Waals surface area contributed by atoms with E-state index in [4.69, 9.17) is 9.05 Å². The summed E-state index contributed by atoms with van der Waals surface area (Å²) in [6, 6.07) is 20.6. The Labute approximate surface area is 108 Å². The van der Waals surface area contributed by atoms with Gasteiger partial charge in [0.1, 0.15) is 12.2 Å². The molecule has 0 amide bonds. The zero-order valence-electron chi connectivity index (χ0n) is 10.2. The van der Waals surface area contributed by atoms with Gasteiger partial charge in [-0.15, -0.1) is 0 Å². The van der Waals surface area contributed by atoms with E-state index in [9.17, 15) is 0 Å². The maximum Gasteiger partial charge on any atom is 0.168 e. The van der Waals surface area contributed by atoms with E-state index in [-0.39, 0.29) is 12.2 Å². The Kier molecular flexibility index (Phi) is 3.42. The topological polar surface area (TPSA) is 18.5 Å². The highest BCUT2D eigenvalue weighted by atomic mass is 31.2. The van der Waals surface area contributed by atoms with E-state index >= 15 is 0 Å². The van der Waals surface area contributed by atoms with Gasteiger partial charge in [0.2, 0.25) is 0 Å². The lowest BCUT2D eigenvalue weighted by Crippen LogP contribution is -2.06. The molecule has 0 aromatic heterocycles. The van der Waals surface area contributed by atoms with E-state index in [1.165, 1.54) is 11.1 Å². The van der Waals surface area contributed by atoms with Crippen LogP contribution >= 0.6 is 8.38 Å². The maximum absolute atomic E-state index is 5.96. The largest absolute Gasteiger partial charge is 0.323 e. The summed E-state index contributed by atoms with van der Waals surface area (Å²) < 4.78 is 11.9. The van der Waals surface area contributed by atoms with Crippen LogP contribution in [0.1, 0.15) is 23.3 Å². The van der Waals surface area contributed by atoms with Crippen molar-refractivity contribution in [1.82, 2.24) is 0 Å². The van der Waals surface area contributed by atoms with Crippen molar-refractivity contribution >= 4 is 8.38 Å². The average Bonchev–Trinajstić information content (AvgIpc) is 2.83. The highest BCUT2D eigenvalue weighted by Gasteiger charge is 2.36. The van der Waals surface area contributed by atoms with Crippen LogP contribution in [-0.2, 0) is 9.05 Å². The second kappa shape index (κ2) is 5.19. The summed E-state index contributed by atoms with van der Waals surface area (Å²) in [4.78, 5) is 0. The Morgan fingerprint density at radius 1 is 0.722 bits per heavy atom. The molecular formula is C15H15O2P. The van der Waals surface area contributed by atoms with Crippen LogP contribution in [-0.4, -0.2) is 6.66 Å². The summed E-state index contributed by atoms with van der Waals surface area (Å²) in [6.07, 6.45) is 0.00872. The fourth-order valence-corrected chi connectivity index (χ4v) is 3.37. The fourth-order valence-electron chi connectivity index (χ4n) is 2.21. The van der Waals surface area contributed by atoms with Gasteiger partial charge in [0.15, 0.2) is 8.38 Å². The molecular weight excluding hydrogens is 243 g/mol. The highest BCUT2D eigenvalue weighted by Crippen LogP contribution is 2.57. The Bertz CT molecular complexity index is 453. The Balaban J connectivity index is 1.93. The lowest BCUT2D eigenvalue weighted by Gasteiger charge is -2.16. The van der Waals surface area contributed by atoms with Gasteiger partial charge in [0.05, 0.1) is 0 Å². The normalized spacial score (nSPS) is 27.3. The zero-order valence-corrected chi connectivity index (χ0v) is 11.1. The molecule has 0 aliphatic carbocycles. The molecule has 1 aliphatic heterocycles. The van der Waals surface area contributed by atoms with Crippen molar-refractivity contribution in [3.05, 3.63) is 71.8 Å². The van der Waals surface area contributed by atoms with Gasteiger partial charge in [-0.05, 0) is 11.1 Å². The molecule has 1 saturated heterocycles. The van der Waals surface area contributed by atoms with E-state index in [0.29, 0.717) is 0 Å². The van der Waals surface area contributed by atoms with Gasteiger partial charge in [-0.1, -0.05) is 60.7 Å². The van der Waals surface area contributed by atoms with Crippen LogP contribution in [0.25, 0.3) is 0 Å². The van der Waals surface area contributed by atoms with E-state index in [1.54, 1.807) is 0 Å². The minimum absolute atomic E-state index is 0.00436. The quantitative estimate of drug-likeness (QED) is 0.740. The number of benzene rings is 2. The van der Waals surface area contributed by atoms with Crippen molar-refractivity contribution in [1.29, 1.82) is 0 Å². The molecule has 2 unspecified atom stereocenters. The first-order chi connectivity index (χ1) is 8.84. The molecule has 0 bridgehead atoms. The molecule has 2 nitrogen and oxygen atoms in total. The molecule has 0 N–H and O–H groups in total. The standard InChI is InChI=1S/C15H15O2P/c1-18-16-14(12-8-4-2-5-9-12)15(17-18)13-10-6-3-7-11-13/h2-11,14-15H,1H3. The fraction of sp³-hybridized carbons (Fsp3) is 0.200. The van der Waals surface area contributed by atoms with Gasteiger partial charge in [-0.2, -0.15) is 0 Å². The van der Waals surface area contributed by atoms with Crippen LogP contribution in [0.15, 0.2) is 60.7 Å². The number of hydrogen-bond acceptors (Lipinski definition) is 2. The minimum atomic E-state index is -0.791. The summed E-state index contributed by atoms with van der Waals surface area (Å²) in [5.74, 6) is 0. The maximum atomic E-state index is 5.96. The predicted molar refractivity (Wildman–Crippen MR) is 73.4 cm³/mol. The smallest absolute Gasteiger partial charge is 0.168 e. The first-order valence-electron chi connectivity index (χ1n) is 6.02. The van der Waals surface area contributed by atoms with Gasteiger partial charge in [0.25, 0.3) is 0 Å². The Morgan fingerprint density at radius 3 is 1.50 bits per heavy atom. The second-order valence-electron chi connectivity index (χ2n) is 4.31. The SMILES string of the molecule is CP1OC(c2ccccc2)C(c2ccccc2)O1. The molecule has 2 atom stereocenters. The van der Waals surface area contributed by atoms with Crippen LogP contribution in [0.2, 0.25) is 0 Å². The van der Waals surface area contributed by atoms with Crippen LogP contribution in [0.4, 0.5) is 0 Å². The van der Waals surface area contributed by atoms with Crippen molar-refractivity contribution < 1.29 is 9.05 Å². The lowest BCUT2D eigenvalue weighted by molar-refractivity contribution is 0.159.